The van der Waals surface area contributed by atoms with Gasteiger partial charge < -0.3 is 21.3 Å². The monoisotopic (exact) mass is 240 g/mol. The van der Waals surface area contributed by atoms with Crippen LogP contribution in [0, 0.1) is 5.92 Å². The molecule has 0 spiro atoms. The Kier molecular flexibility index (Phi) is 5.07. The lowest BCUT2D eigenvalue weighted by atomic mass is 10.1. The molecule has 5 heteroatoms. The largest absolute Gasteiger partial charge is 0.338 e. The highest BCUT2D eigenvalue weighted by molar-refractivity contribution is 5.73. The van der Waals surface area contributed by atoms with Crippen LogP contribution < -0.4 is 21.3 Å². The van der Waals surface area contributed by atoms with Gasteiger partial charge in [0.05, 0.1) is 0 Å². The highest BCUT2D eigenvalue weighted by atomic mass is 16.2. The van der Waals surface area contributed by atoms with Crippen LogP contribution in [0.1, 0.15) is 25.7 Å². The molecular weight excluding hydrogens is 216 g/mol. The SMILES string of the molecule is O=C(NCC1CCNC1)NCC1CCCCN1. The summed E-state index contributed by atoms with van der Waals surface area (Å²) < 4.78 is 0. The topological polar surface area (TPSA) is 65.2 Å². The highest BCUT2D eigenvalue weighted by Crippen LogP contribution is 2.06. The van der Waals surface area contributed by atoms with Crippen molar-refractivity contribution in [3.8, 4) is 0 Å². The van der Waals surface area contributed by atoms with Gasteiger partial charge in [0.1, 0.15) is 0 Å². The smallest absolute Gasteiger partial charge is 0.314 e. The van der Waals surface area contributed by atoms with Gasteiger partial charge in [-0.15, -0.1) is 0 Å². The normalized spacial score (nSPS) is 28.9. The maximum atomic E-state index is 11.6. The second kappa shape index (κ2) is 6.81. The van der Waals surface area contributed by atoms with Crippen LogP contribution in [-0.4, -0.2) is 44.8 Å². The van der Waals surface area contributed by atoms with Crippen molar-refractivity contribution in [2.45, 2.75) is 31.7 Å². The summed E-state index contributed by atoms with van der Waals surface area (Å²) in [5.74, 6) is 0.605. The molecule has 2 saturated heterocycles. The number of carbonyl (C=O) groups is 1. The molecule has 2 rings (SSSR count). The average molecular weight is 240 g/mol. The van der Waals surface area contributed by atoms with Crippen molar-refractivity contribution in [2.24, 2.45) is 5.92 Å². The Bertz CT molecular complexity index is 235. The van der Waals surface area contributed by atoms with Crippen LogP contribution in [0.3, 0.4) is 0 Å². The molecule has 0 bridgehead atoms. The molecule has 0 aliphatic carbocycles. The van der Waals surface area contributed by atoms with Gasteiger partial charge in [-0.05, 0) is 44.8 Å². The van der Waals surface area contributed by atoms with E-state index in [2.05, 4.69) is 21.3 Å². The molecule has 0 aromatic carbocycles. The van der Waals surface area contributed by atoms with E-state index in [0.29, 0.717) is 12.0 Å². The molecular formula is C12H24N4O. The highest BCUT2D eigenvalue weighted by Gasteiger charge is 2.16. The van der Waals surface area contributed by atoms with E-state index in [1.54, 1.807) is 0 Å². The minimum atomic E-state index is -0.0238. The Labute approximate surface area is 103 Å². The Morgan fingerprint density at radius 2 is 2.00 bits per heavy atom. The van der Waals surface area contributed by atoms with Gasteiger partial charge in [-0.25, -0.2) is 4.79 Å². The van der Waals surface area contributed by atoms with Gasteiger partial charge in [-0.3, -0.25) is 0 Å². The zero-order valence-corrected chi connectivity index (χ0v) is 10.4. The predicted octanol–water partition coefficient (Wildman–Crippen LogP) is 0.0372. The average Bonchev–Trinajstić information content (AvgIpc) is 2.88. The number of nitrogens with one attached hydrogen (secondary N) is 4. The zero-order chi connectivity index (χ0) is 11.9. The molecule has 4 N–H and O–H groups in total. The van der Waals surface area contributed by atoms with Gasteiger partial charge in [0.15, 0.2) is 0 Å². The molecule has 0 radical (unpaired) electrons. The predicted molar refractivity (Wildman–Crippen MR) is 68.0 cm³/mol. The molecule has 2 aliphatic heterocycles. The molecule has 2 aliphatic rings. The van der Waals surface area contributed by atoms with Crippen LogP contribution in [0.2, 0.25) is 0 Å². The second-order valence-electron chi connectivity index (χ2n) is 5.10. The van der Waals surface area contributed by atoms with Crippen LogP contribution in [0.15, 0.2) is 0 Å². The minimum Gasteiger partial charge on any atom is -0.338 e. The molecule has 17 heavy (non-hydrogen) atoms. The van der Waals surface area contributed by atoms with E-state index in [4.69, 9.17) is 0 Å². The van der Waals surface area contributed by atoms with Gasteiger partial charge in [0.2, 0.25) is 0 Å². The van der Waals surface area contributed by atoms with Crippen molar-refractivity contribution in [1.29, 1.82) is 0 Å². The Morgan fingerprint density at radius 3 is 2.71 bits per heavy atom. The fourth-order valence-corrected chi connectivity index (χ4v) is 2.50. The van der Waals surface area contributed by atoms with E-state index in [9.17, 15) is 4.79 Å². The van der Waals surface area contributed by atoms with Crippen molar-refractivity contribution >= 4 is 6.03 Å². The number of piperidine rings is 1. The number of carbonyl (C=O) groups excluding carboxylic acids is 1. The molecule has 98 valence electrons. The molecule has 2 atom stereocenters. The van der Waals surface area contributed by atoms with Crippen LogP contribution in [0.25, 0.3) is 0 Å². The number of rotatable bonds is 4. The summed E-state index contributed by atoms with van der Waals surface area (Å²) in [6.45, 7) is 4.73. The molecule has 0 aromatic heterocycles. The van der Waals surface area contributed by atoms with Crippen LogP contribution in [-0.2, 0) is 0 Å². The fraction of sp³-hybridized carbons (Fsp3) is 0.917. The molecule has 2 fully saturated rings. The summed E-state index contributed by atoms with van der Waals surface area (Å²) in [5, 5.41) is 12.6. The molecule has 0 aromatic rings. The lowest BCUT2D eigenvalue weighted by molar-refractivity contribution is 0.236. The first-order valence-electron chi connectivity index (χ1n) is 6.80. The third kappa shape index (κ3) is 4.52. The third-order valence-corrected chi connectivity index (χ3v) is 3.64. The summed E-state index contributed by atoms with van der Waals surface area (Å²) in [7, 11) is 0. The summed E-state index contributed by atoms with van der Waals surface area (Å²) in [4.78, 5) is 11.6. The van der Waals surface area contributed by atoms with Crippen LogP contribution >= 0.6 is 0 Å². The third-order valence-electron chi connectivity index (χ3n) is 3.64. The van der Waals surface area contributed by atoms with Crippen molar-refractivity contribution in [3.05, 3.63) is 0 Å². The second-order valence-corrected chi connectivity index (χ2v) is 5.10. The van der Waals surface area contributed by atoms with Gasteiger partial charge >= 0.3 is 6.03 Å². The van der Waals surface area contributed by atoms with Gasteiger partial charge in [0, 0.05) is 19.1 Å². The lowest BCUT2D eigenvalue weighted by Gasteiger charge is -2.23. The maximum absolute atomic E-state index is 11.6. The van der Waals surface area contributed by atoms with Crippen molar-refractivity contribution in [3.63, 3.8) is 0 Å². The van der Waals surface area contributed by atoms with Crippen molar-refractivity contribution in [1.82, 2.24) is 21.3 Å². The Balaban J connectivity index is 1.53. The molecule has 0 saturated carbocycles. The van der Waals surface area contributed by atoms with Crippen molar-refractivity contribution in [2.75, 3.05) is 32.7 Å². The Hall–Kier alpha value is -0.810. The lowest BCUT2D eigenvalue weighted by Crippen LogP contribution is -2.47. The molecule has 2 heterocycles. The van der Waals surface area contributed by atoms with Crippen molar-refractivity contribution < 1.29 is 4.79 Å². The number of hydrogen-bond acceptors (Lipinski definition) is 3. The molecule has 2 amide bonds. The van der Waals surface area contributed by atoms with Crippen LogP contribution in [0.4, 0.5) is 4.79 Å². The van der Waals surface area contributed by atoms with Gasteiger partial charge in [0.25, 0.3) is 0 Å². The summed E-state index contributed by atoms with van der Waals surface area (Å²) in [6, 6.07) is 0.437. The fourth-order valence-electron chi connectivity index (χ4n) is 2.50. The maximum Gasteiger partial charge on any atom is 0.314 e. The summed E-state index contributed by atoms with van der Waals surface area (Å²) >= 11 is 0. The minimum absolute atomic E-state index is 0.0238. The summed E-state index contributed by atoms with van der Waals surface area (Å²) in [5.41, 5.74) is 0. The van der Waals surface area contributed by atoms with Gasteiger partial charge in [-0.1, -0.05) is 6.42 Å². The first-order chi connectivity index (χ1) is 8.34. The first-order valence-corrected chi connectivity index (χ1v) is 6.80. The first kappa shape index (κ1) is 12.6. The van der Waals surface area contributed by atoms with E-state index in [1.165, 1.54) is 25.7 Å². The van der Waals surface area contributed by atoms with E-state index in [1.807, 2.05) is 0 Å². The molecule has 2 unspecified atom stereocenters. The Morgan fingerprint density at radius 1 is 1.12 bits per heavy atom. The summed E-state index contributed by atoms with van der Waals surface area (Å²) in [6.07, 6.45) is 4.88. The number of hydrogen-bond donors (Lipinski definition) is 4. The number of urea groups is 1. The van der Waals surface area contributed by atoms with Crippen LogP contribution in [0.5, 0.6) is 0 Å². The van der Waals surface area contributed by atoms with E-state index in [-0.39, 0.29) is 6.03 Å². The van der Waals surface area contributed by atoms with E-state index < -0.39 is 0 Å². The zero-order valence-electron chi connectivity index (χ0n) is 10.4. The standard InChI is InChI=1S/C12H24N4O/c17-12(15-8-10-4-6-13-7-10)16-9-11-3-1-2-5-14-11/h10-11,13-14H,1-9H2,(H2,15,16,17). The van der Waals surface area contributed by atoms with E-state index in [0.717, 1.165) is 32.7 Å². The quantitative estimate of drug-likeness (QED) is 0.561. The number of amides is 2. The van der Waals surface area contributed by atoms with Gasteiger partial charge in [-0.2, -0.15) is 0 Å². The molecule has 5 nitrogen and oxygen atoms in total. The van der Waals surface area contributed by atoms with E-state index >= 15 is 0 Å².